The third-order valence-electron chi connectivity index (χ3n) is 4.08. The van der Waals surface area contributed by atoms with Crippen molar-refractivity contribution in [3.8, 4) is 0 Å². The molecule has 0 bridgehead atoms. The normalized spacial score (nSPS) is 12.0. The number of fused-ring (bicyclic) bond motifs is 1. The topological polar surface area (TPSA) is 68.6 Å². The number of nitrogens with one attached hydrogen (secondary N) is 1. The molecule has 1 atom stereocenters. The van der Waals surface area contributed by atoms with E-state index in [2.05, 4.69) is 29.0 Å². The lowest BCUT2D eigenvalue weighted by atomic mass is 10.1. The molecule has 3 N–H and O–H groups in total. The molecule has 1 unspecified atom stereocenters. The van der Waals surface area contributed by atoms with Crippen LogP contribution in [-0.4, -0.2) is 59.0 Å². The van der Waals surface area contributed by atoms with Crippen molar-refractivity contribution < 1.29 is 10.2 Å². The van der Waals surface area contributed by atoms with E-state index in [9.17, 15) is 0 Å². The molecular formula is C20H32ClN3O2. The molecule has 2 rings (SSSR count). The molecule has 0 spiro atoms. The molecule has 0 aliphatic rings. The fraction of sp³-hybridized carbons (Fsp3) is 0.550. The summed E-state index contributed by atoms with van der Waals surface area (Å²) in [7, 11) is 0. The van der Waals surface area contributed by atoms with Gasteiger partial charge in [0.1, 0.15) is 0 Å². The summed E-state index contributed by atoms with van der Waals surface area (Å²) in [6.45, 7) is 9.26. The third kappa shape index (κ3) is 7.87. The number of aliphatic hydroxyl groups excluding tert-OH is 2. The highest BCUT2D eigenvalue weighted by Gasteiger charge is 2.08. The van der Waals surface area contributed by atoms with Gasteiger partial charge in [-0.3, -0.25) is 4.98 Å². The molecule has 2 aromatic rings. The molecule has 26 heavy (non-hydrogen) atoms. The van der Waals surface area contributed by atoms with Crippen LogP contribution in [0.3, 0.4) is 0 Å². The second-order valence-electron chi connectivity index (χ2n) is 6.18. The fourth-order valence-electron chi connectivity index (χ4n) is 2.78. The van der Waals surface area contributed by atoms with Crippen LogP contribution >= 0.6 is 11.6 Å². The van der Waals surface area contributed by atoms with Crippen molar-refractivity contribution in [3.05, 3.63) is 35.5 Å². The van der Waals surface area contributed by atoms with Gasteiger partial charge in [0.2, 0.25) is 0 Å². The predicted molar refractivity (Wildman–Crippen MR) is 111 cm³/mol. The van der Waals surface area contributed by atoms with Crippen molar-refractivity contribution in [1.29, 1.82) is 0 Å². The lowest BCUT2D eigenvalue weighted by Gasteiger charge is -2.21. The zero-order chi connectivity index (χ0) is 19.4. The van der Waals surface area contributed by atoms with E-state index in [1.54, 1.807) is 6.92 Å². The summed E-state index contributed by atoms with van der Waals surface area (Å²) in [4.78, 5) is 6.65. The molecule has 0 fully saturated rings. The summed E-state index contributed by atoms with van der Waals surface area (Å²) in [5.74, 6) is 0. The number of pyridine rings is 1. The maximum absolute atomic E-state index is 9.02. The van der Waals surface area contributed by atoms with Crippen molar-refractivity contribution in [2.75, 3.05) is 38.2 Å². The highest BCUT2D eigenvalue weighted by atomic mass is 35.5. The molecule has 6 heteroatoms. The predicted octanol–water partition coefficient (Wildman–Crippen LogP) is 3.78. The van der Waals surface area contributed by atoms with Gasteiger partial charge in [-0.2, -0.15) is 0 Å². The van der Waals surface area contributed by atoms with E-state index in [1.807, 2.05) is 30.5 Å². The second-order valence-corrected chi connectivity index (χ2v) is 6.62. The highest BCUT2D eigenvalue weighted by molar-refractivity contribution is 6.31. The number of hydrogen-bond acceptors (Lipinski definition) is 5. The number of rotatable bonds is 9. The molecule has 0 aliphatic heterocycles. The first-order valence-corrected chi connectivity index (χ1v) is 9.68. The first-order chi connectivity index (χ1) is 12.5. The lowest BCUT2D eigenvalue weighted by molar-refractivity contribution is 0.199. The van der Waals surface area contributed by atoms with Gasteiger partial charge in [-0.1, -0.05) is 18.5 Å². The lowest BCUT2D eigenvalue weighted by Crippen LogP contribution is -2.28. The Labute approximate surface area is 162 Å². The van der Waals surface area contributed by atoms with E-state index in [0.717, 1.165) is 49.1 Å². The minimum Gasteiger partial charge on any atom is -0.397 e. The molecule has 0 aliphatic carbocycles. The van der Waals surface area contributed by atoms with Gasteiger partial charge in [0.15, 0.2) is 0 Å². The summed E-state index contributed by atoms with van der Waals surface area (Å²) in [6.07, 6.45) is 4.00. The average Bonchev–Trinajstić information content (AvgIpc) is 2.61. The number of aliphatic hydroxyl groups is 2. The minimum atomic E-state index is 0.229. The fourth-order valence-corrected chi connectivity index (χ4v) is 2.94. The van der Waals surface area contributed by atoms with Gasteiger partial charge in [-0.05, 0) is 64.0 Å². The van der Waals surface area contributed by atoms with Crippen LogP contribution in [0.25, 0.3) is 10.9 Å². The zero-order valence-electron chi connectivity index (χ0n) is 16.1. The van der Waals surface area contributed by atoms with Crippen molar-refractivity contribution >= 4 is 28.2 Å². The van der Waals surface area contributed by atoms with Crippen LogP contribution in [0.2, 0.25) is 5.02 Å². The van der Waals surface area contributed by atoms with Gasteiger partial charge >= 0.3 is 0 Å². The number of aromatic nitrogens is 1. The number of nitrogens with zero attached hydrogens (tertiary/aromatic N) is 2. The van der Waals surface area contributed by atoms with Crippen LogP contribution in [0, 0.1) is 0 Å². The zero-order valence-corrected chi connectivity index (χ0v) is 16.8. The first-order valence-electron chi connectivity index (χ1n) is 9.30. The van der Waals surface area contributed by atoms with Crippen LogP contribution < -0.4 is 5.32 Å². The summed E-state index contributed by atoms with van der Waals surface area (Å²) in [5.41, 5.74) is 2.01. The Morgan fingerprint density at radius 1 is 1.19 bits per heavy atom. The molecule has 0 radical (unpaired) electrons. The maximum Gasteiger partial charge on any atom is 0.0737 e. The summed E-state index contributed by atoms with van der Waals surface area (Å²) < 4.78 is 0. The number of benzene rings is 1. The van der Waals surface area contributed by atoms with Crippen molar-refractivity contribution in [2.45, 2.75) is 39.7 Å². The van der Waals surface area contributed by atoms with Gasteiger partial charge in [-0.25, -0.2) is 0 Å². The molecule has 0 saturated heterocycles. The SMILES string of the molecule is CCN(CCO)CCCC(C)Nc1ccnc2cc(Cl)ccc12.CCO. The third-order valence-corrected chi connectivity index (χ3v) is 4.32. The smallest absolute Gasteiger partial charge is 0.0737 e. The van der Waals surface area contributed by atoms with Crippen molar-refractivity contribution in [2.24, 2.45) is 0 Å². The van der Waals surface area contributed by atoms with Crippen LogP contribution in [0.1, 0.15) is 33.6 Å². The largest absolute Gasteiger partial charge is 0.397 e. The Balaban J connectivity index is 0.00000105. The molecule has 0 saturated carbocycles. The van der Waals surface area contributed by atoms with Gasteiger partial charge < -0.3 is 20.4 Å². The van der Waals surface area contributed by atoms with Gasteiger partial charge in [0, 0.05) is 41.5 Å². The molecule has 5 nitrogen and oxygen atoms in total. The van der Waals surface area contributed by atoms with Gasteiger partial charge in [0.05, 0.1) is 12.1 Å². The standard InChI is InChI=1S/C18H26ClN3O.C2H6O/c1-3-22(11-12-23)10-4-5-14(2)21-17-8-9-20-18-13-15(19)6-7-16(17)18;1-2-3/h6-9,13-14,23H,3-5,10-12H2,1-2H3,(H,20,21);3H,2H2,1H3. The van der Waals surface area contributed by atoms with E-state index in [1.165, 1.54) is 0 Å². The molecule has 1 aromatic heterocycles. The van der Waals surface area contributed by atoms with E-state index < -0.39 is 0 Å². The molecular weight excluding hydrogens is 350 g/mol. The van der Waals surface area contributed by atoms with Crippen molar-refractivity contribution in [1.82, 2.24) is 9.88 Å². The van der Waals surface area contributed by atoms with E-state index in [0.29, 0.717) is 11.1 Å². The monoisotopic (exact) mass is 381 g/mol. The molecule has 1 aromatic carbocycles. The van der Waals surface area contributed by atoms with Crippen LogP contribution in [-0.2, 0) is 0 Å². The highest BCUT2D eigenvalue weighted by Crippen LogP contribution is 2.25. The number of likely N-dealkylation sites (N-methyl/N-ethyl adjacent to an activating group) is 1. The van der Waals surface area contributed by atoms with E-state index >= 15 is 0 Å². The maximum atomic E-state index is 9.02. The minimum absolute atomic E-state index is 0.229. The molecule has 146 valence electrons. The van der Waals surface area contributed by atoms with E-state index in [4.69, 9.17) is 21.8 Å². The van der Waals surface area contributed by atoms with Crippen molar-refractivity contribution in [3.63, 3.8) is 0 Å². The van der Waals surface area contributed by atoms with Crippen LogP contribution in [0.15, 0.2) is 30.5 Å². The number of anilines is 1. The summed E-state index contributed by atoms with van der Waals surface area (Å²) in [6, 6.07) is 8.19. The Hall–Kier alpha value is -1.40. The summed E-state index contributed by atoms with van der Waals surface area (Å²) >= 11 is 6.03. The Morgan fingerprint density at radius 3 is 2.58 bits per heavy atom. The van der Waals surface area contributed by atoms with Gasteiger partial charge in [0.25, 0.3) is 0 Å². The Morgan fingerprint density at radius 2 is 1.92 bits per heavy atom. The second kappa shape index (κ2) is 12.9. The van der Waals surface area contributed by atoms with Crippen LogP contribution in [0.4, 0.5) is 5.69 Å². The Kier molecular flexibility index (Phi) is 11.2. The van der Waals surface area contributed by atoms with Crippen LogP contribution in [0.5, 0.6) is 0 Å². The first kappa shape index (κ1) is 22.6. The quantitative estimate of drug-likeness (QED) is 0.616. The van der Waals surface area contributed by atoms with E-state index in [-0.39, 0.29) is 13.2 Å². The average molecular weight is 382 g/mol. The Bertz CT molecular complexity index is 639. The molecule has 0 amide bonds. The van der Waals surface area contributed by atoms with Gasteiger partial charge in [-0.15, -0.1) is 0 Å². The molecule has 1 heterocycles. The number of halogens is 1. The number of hydrogen-bond donors (Lipinski definition) is 3. The summed E-state index contributed by atoms with van der Waals surface area (Å²) in [5, 5.41) is 22.0.